The summed E-state index contributed by atoms with van der Waals surface area (Å²) >= 11 is 0. The first kappa shape index (κ1) is 16.8. The average Bonchev–Trinajstić information content (AvgIpc) is 3.18. The van der Waals surface area contributed by atoms with Crippen molar-refractivity contribution in [1.29, 1.82) is 0 Å². The minimum atomic E-state index is -0.127. The van der Waals surface area contributed by atoms with Crippen LogP contribution in [0.2, 0.25) is 0 Å². The van der Waals surface area contributed by atoms with E-state index in [2.05, 4.69) is 22.6 Å². The molecule has 3 rings (SSSR count). The summed E-state index contributed by atoms with van der Waals surface area (Å²) in [6.07, 6.45) is 4.96. The molecule has 0 radical (unpaired) electrons. The molecule has 25 heavy (non-hydrogen) atoms. The maximum atomic E-state index is 11.8. The molecule has 1 aromatic heterocycles. The minimum absolute atomic E-state index is 0.0119. The number of nitrogens with one attached hydrogen (secondary N) is 1. The highest BCUT2D eigenvalue weighted by molar-refractivity contribution is 5.77. The van der Waals surface area contributed by atoms with Gasteiger partial charge in [0.2, 0.25) is 0 Å². The Labute approximate surface area is 146 Å². The van der Waals surface area contributed by atoms with Gasteiger partial charge in [-0.15, -0.1) is 0 Å². The molecule has 2 aromatic carbocycles. The molecule has 0 atom stereocenters. The number of aromatic nitrogens is 1. The van der Waals surface area contributed by atoms with Crippen molar-refractivity contribution in [2.24, 2.45) is 0 Å². The molecule has 0 saturated heterocycles. The normalized spacial score (nSPS) is 10.4. The molecule has 0 aliphatic heterocycles. The molecule has 0 saturated carbocycles. The van der Waals surface area contributed by atoms with E-state index in [1.54, 1.807) is 12.5 Å². The Balaban J connectivity index is 1.38. The van der Waals surface area contributed by atoms with Gasteiger partial charge >= 0.3 is 0 Å². The number of hydrogen-bond acceptors (Lipinski definition) is 4. The highest BCUT2D eigenvalue weighted by Gasteiger charge is 2.04. The molecule has 1 amide bonds. The van der Waals surface area contributed by atoms with E-state index < -0.39 is 0 Å². The van der Waals surface area contributed by atoms with Crippen molar-refractivity contribution in [2.75, 3.05) is 13.2 Å². The van der Waals surface area contributed by atoms with Gasteiger partial charge in [0.1, 0.15) is 12.0 Å². The van der Waals surface area contributed by atoms with Gasteiger partial charge in [-0.2, -0.15) is 0 Å². The van der Waals surface area contributed by atoms with E-state index in [1.165, 1.54) is 0 Å². The van der Waals surface area contributed by atoms with Crippen LogP contribution in [0.4, 0.5) is 0 Å². The third-order valence-electron chi connectivity index (χ3n) is 3.78. The average molecular weight is 336 g/mol. The number of rotatable bonds is 8. The van der Waals surface area contributed by atoms with Crippen LogP contribution in [0.15, 0.2) is 71.6 Å². The van der Waals surface area contributed by atoms with Crippen molar-refractivity contribution in [3.63, 3.8) is 0 Å². The van der Waals surface area contributed by atoms with Crippen molar-refractivity contribution < 1.29 is 14.1 Å². The summed E-state index contributed by atoms with van der Waals surface area (Å²) in [6, 6.07) is 17.9. The first-order valence-electron chi connectivity index (χ1n) is 8.24. The zero-order valence-electron chi connectivity index (χ0n) is 13.9. The molecule has 1 heterocycles. The van der Waals surface area contributed by atoms with Crippen molar-refractivity contribution in [3.8, 4) is 16.9 Å². The topological polar surface area (TPSA) is 64.4 Å². The largest absolute Gasteiger partial charge is 0.484 e. The number of carbonyl (C=O) groups is 1. The standard InChI is InChI=1S/C20H20N2O3/c23-20(21-12-4-5-16-13-22-25-14-16)15-24-19-10-8-18(9-11-19)17-6-2-1-3-7-17/h1-3,6-11,13-14H,4-5,12,15H2,(H,21,23). The molecule has 5 nitrogen and oxygen atoms in total. The van der Waals surface area contributed by atoms with Crippen LogP contribution in [0, 0.1) is 0 Å². The number of carbonyl (C=O) groups excluding carboxylic acids is 1. The van der Waals surface area contributed by atoms with Gasteiger partial charge in [-0.25, -0.2) is 0 Å². The smallest absolute Gasteiger partial charge is 0.257 e. The number of amides is 1. The monoisotopic (exact) mass is 336 g/mol. The van der Waals surface area contributed by atoms with Gasteiger partial charge in [0.15, 0.2) is 6.61 Å². The predicted octanol–water partition coefficient (Wildman–Crippen LogP) is 3.47. The van der Waals surface area contributed by atoms with Gasteiger partial charge < -0.3 is 14.6 Å². The molecule has 0 bridgehead atoms. The van der Waals surface area contributed by atoms with Crippen LogP contribution < -0.4 is 10.1 Å². The van der Waals surface area contributed by atoms with Crippen molar-refractivity contribution in [3.05, 3.63) is 72.6 Å². The van der Waals surface area contributed by atoms with Crippen LogP contribution in [-0.2, 0) is 11.2 Å². The summed E-state index contributed by atoms with van der Waals surface area (Å²) in [4.78, 5) is 11.8. The summed E-state index contributed by atoms with van der Waals surface area (Å²) in [5.41, 5.74) is 3.30. The summed E-state index contributed by atoms with van der Waals surface area (Å²) in [5.74, 6) is 0.553. The third kappa shape index (κ3) is 5.21. The summed E-state index contributed by atoms with van der Waals surface area (Å²) in [7, 11) is 0. The Morgan fingerprint density at radius 2 is 1.80 bits per heavy atom. The highest BCUT2D eigenvalue weighted by atomic mass is 16.5. The molecule has 1 N–H and O–H groups in total. The summed E-state index contributed by atoms with van der Waals surface area (Å²) in [5, 5.41) is 6.48. The zero-order valence-corrected chi connectivity index (χ0v) is 13.9. The van der Waals surface area contributed by atoms with Crippen molar-refractivity contribution in [1.82, 2.24) is 10.5 Å². The third-order valence-corrected chi connectivity index (χ3v) is 3.78. The number of aryl methyl sites for hydroxylation is 1. The first-order valence-corrected chi connectivity index (χ1v) is 8.24. The van der Waals surface area contributed by atoms with Crippen molar-refractivity contribution >= 4 is 5.91 Å². The first-order chi connectivity index (χ1) is 12.3. The van der Waals surface area contributed by atoms with E-state index >= 15 is 0 Å². The molecule has 0 unspecified atom stereocenters. The number of nitrogens with zero attached hydrogens (tertiary/aromatic N) is 1. The molecule has 0 fully saturated rings. The molecule has 128 valence electrons. The molecule has 3 aromatic rings. The zero-order chi connectivity index (χ0) is 17.3. The van der Waals surface area contributed by atoms with Crippen LogP contribution in [-0.4, -0.2) is 24.2 Å². The lowest BCUT2D eigenvalue weighted by Crippen LogP contribution is -2.29. The molecule has 0 spiro atoms. The summed E-state index contributed by atoms with van der Waals surface area (Å²) < 4.78 is 10.3. The quantitative estimate of drug-likeness (QED) is 0.640. The molecule has 5 heteroatoms. The summed E-state index contributed by atoms with van der Waals surface area (Å²) in [6.45, 7) is 0.609. The maximum Gasteiger partial charge on any atom is 0.257 e. The van der Waals surface area contributed by atoms with Gasteiger partial charge in [0, 0.05) is 12.1 Å². The lowest BCUT2D eigenvalue weighted by atomic mass is 10.1. The van der Waals surface area contributed by atoms with Crippen molar-refractivity contribution in [2.45, 2.75) is 12.8 Å². The number of ether oxygens (including phenoxy) is 1. The minimum Gasteiger partial charge on any atom is -0.484 e. The second-order valence-electron chi connectivity index (χ2n) is 5.67. The van der Waals surface area contributed by atoms with Gasteiger partial charge in [-0.3, -0.25) is 4.79 Å². The van der Waals surface area contributed by atoms with Gasteiger partial charge in [-0.1, -0.05) is 47.6 Å². The van der Waals surface area contributed by atoms with E-state index in [0.717, 1.165) is 29.5 Å². The van der Waals surface area contributed by atoms with E-state index in [0.29, 0.717) is 12.3 Å². The van der Waals surface area contributed by atoms with Crippen LogP contribution in [0.3, 0.4) is 0 Å². The second-order valence-corrected chi connectivity index (χ2v) is 5.67. The lowest BCUT2D eigenvalue weighted by Gasteiger charge is -2.08. The second kappa shape index (κ2) is 8.68. The van der Waals surface area contributed by atoms with E-state index in [1.807, 2.05) is 42.5 Å². The Morgan fingerprint density at radius 1 is 1.04 bits per heavy atom. The van der Waals surface area contributed by atoms with Crippen LogP contribution in [0.5, 0.6) is 5.75 Å². The fourth-order valence-electron chi connectivity index (χ4n) is 2.44. The van der Waals surface area contributed by atoms with Gasteiger partial charge in [0.05, 0.1) is 6.20 Å². The Bertz CT molecular complexity index is 768. The van der Waals surface area contributed by atoms with E-state index in [4.69, 9.17) is 9.26 Å². The Kier molecular flexibility index (Phi) is 5.82. The number of benzene rings is 2. The Morgan fingerprint density at radius 3 is 2.52 bits per heavy atom. The number of hydrogen-bond donors (Lipinski definition) is 1. The maximum absolute atomic E-state index is 11.8. The molecular formula is C20H20N2O3. The fraction of sp³-hybridized carbons (Fsp3) is 0.200. The van der Waals surface area contributed by atoms with Gasteiger partial charge in [0.25, 0.3) is 5.91 Å². The van der Waals surface area contributed by atoms with Crippen LogP contribution >= 0.6 is 0 Å². The van der Waals surface area contributed by atoms with Crippen LogP contribution in [0.25, 0.3) is 11.1 Å². The SMILES string of the molecule is O=C(COc1ccc(-c2ccccc2)cc1)NCCCc1cnoc1. The van der Waals surface area contributed by atoms with E-state index in [-0.39, 0.29) is 12.5 Å². The lowest BCUT2D eigenvalue weighted by molar-refractivity contribution is -0.123. The Hall–Kier alpha value is -3.08. The fourth-order valence-corrected chi connectivity index (χ4v) is 2.44. The predicted molar refractivity (Wildman–Crippen MR) is 95.2 cm³/mol. The molecular weight excluding hydrogens is 316 g/mol. The molecule has 0 aliphatic carbocycles. The van der Waals surface area contributed by atoms with Gasteiger partial charge in [-0.05, 0) is 36.1 Å². The molecule has 0 aliphatic rings. The van der Waals surface area contributed by atoms with Crippen LogP contribution in [0.1, 0.15) is 12.0 Å². The highest BCUT2D eigenvalue weighted by Crippen LogP contribution is 2.21. The van der Waals surface area contributed by atoms with E-state index in [9.17, 15) is 4.79 Å².